The Morgan fingerprint density at radius 3 is 1.77 bits per heavy atom. The molecule has 0 spiro atoms. The molecular formula is C8H10Cl3NPt-. The van der Waals surface area contributed by atoms with E-state index < -0.39 is 14.2 Å². The van der Waals surface area contributed by atoms with E-state index in [-0.39, 0.29) is 6.04 Å². The first-order valence-electron chi connectivity index (χ1n) is 3.42. The summed E-state index contributed by atoms with van der Waals surface area (Å²) in [5.74, 6) is 0. The normalized spacial score (nSPS) is 12.5. The van der Waals surface area contributed by atoms with Gasteiger partial charge < -0.3 is 5.73 Å². The average Bonchev–Trinajstić information content (AvgIpc) is 2.05. The number of halogens is 3. The molecule has 0 saturated heterocycles. The Hall–Kier alpha value is 0.738. The molecule has 1 rings (SSSR count). The van der Waals surface area contributed by atoms with E-state index in [4.69, 9.17) is 34.0 Å². The van der Waals surface area contributed by atoms with Gasteiger partial charge in [0.1, 0.15) is 0 Å². The van der Waals surface area contributed by atoms with E-state index in [0.29, 0.717) is 0 Å². The van der Waals surface area contributed by atoms with Crippen LogP contribution in [-0.4, -0.2) is 0 Å². The first kappa shape index (κ1) is 13.7. The molecular weight excluding hydrogens is 412 g/mol. The molecule has 0 radical (unpaired) electrons. The van der Waals surface area contributed by atoms with Gasteiger partial charge in [0.15, 0.2) is 0 Å². The summed E-state index contributed by atoms with van der Waals surface area (Å²) in [4.78, 5) is 0. The van der Waals surface area contributed by atoms with E-state index in [1.807, 2.05) is 37.3 Å². The standard InChI is InChI=1S/C8H10N.3ClH.Pt/c1-7(9)8-5-3-2-4-6-8;;;;/h2-7,9H,1H3;3*1H;/q-1;;;;+3/p-3. The van der Waals surface area contributed by atoms with E-state index in [2.05, 4.69) is 0 Å². The molecule has 1 aromatic rings. The molecule has 0 heterocycles. The fourth-order valence-electron chi connectivity index (χ4n) is 0.742. The molecule has 1 unspecified atom stereocenters. The zero-order valence-electron chi connectivity index (χ0n) is 6.91. The van der Waals surface area contributed by atoms with Crippen LogP contribution in [0.1, 0.15) is 18.5 Å². The van der Waals surface area contributed by atoms with Gasteiger partial charge in [0, 0.05) is 0 Å². The van der Waals surface area contributed by atoms with Gasteiger partial charge in [-0.2, -0.15) is 0 Å². The van der Waals surface area contributed by atoms with Crippen LogP contribution in [0.3, 0.4) is 0 Å². The van der Waals surface area contributed by atoms with Crippen LogP contribution in [0, 0.1) is 0 Å². The molecule has 1 N–H and O–H groups in total. The van der Waals surface area contributed by atoms with Gasteiger partial charge in [-0.15, -0.1) is 6.04 Å². The van der Waals surface area contributed by atoms with Crippen molar-refractivity contribution in [3.8, 4) is 0 Å². The Kier molecular flexibility index (Phi) is 8.54. The van der Waals surface area contributed by atoms with Gasteiger partial charge in [0.25, 0.3) is 0 Å². The van der Waals surface area contributed by atoms with Crippen LogP contribution in [0.5, 0.6) is 0 Å². The summed E-state index contributed by atoms with van der Waals surface area (Å²) in [6, 6.07) is 9.73. The topological polar surface area (TPSA) is 23.8 Å². The number of hydrogen-bond acceptors (Lipinski definition) is 0. The number of hydrogen-bond donors (Lipinski definition) is 0. The van der Waals surface area contributed by atoms with Gasteiger partial charge in [0.2, 0.25) is 0 Å². The van der Waals surface area contributed by atoms with Gasteiger partial charge in [-0.25, -0.2) is 0 Å². The molecule has 0 fully saturated rings. The maximum atomic E-state index is 7.32. The summed E-state index contributed by atoms with van der Waals surface area (Å²) in [5.41, 5.74) is 8.40. The van der Waals surface area contributed by atoms with Gasteiger partial charge in [-0.3, -0.25) is 0 Å². The van der Waals surface area contributed by atoms with Gasteiger partial charge >= 0.3 is 42.4 Å². The minimum absolute atomic E-state index is 0.0915. The van der Waals surface area contributed by atoms with Crippen molar-refractivity contribution in [3.63, 3.8) is 0 Å². The molecule has 0 amide bonds. The van der Waals surface area contributed by atoms with Crippen molar-refractivity contribution in [3.05, 3.63) is 41.6 Å². The van der Waals surface area contributed by atoms with Crippen molar-refractivity contribution >= 4 is 28.3 Å². The van der Waals surface area contributed by atoms with Crippen molar-refractivity contribution in [2.24, 2.45) is 0 Å². The molecule has 79 valence electrons. The second kappa shape index (κ2) is 8.08. The first-order chi connectivity index (χ1) is 6.04. The minimum atomic E-state index is -1.85. The summed E-state index contributed by atoms with van der Waals surface area (Å²) in [7, 11) is 14.9. The van der Waals surface area contributed by atoms with Crippen LogP contribution in [0.4, 0.5) is 0 Å². The Bertz CT molecular complexity index is 213. The molecule has 0 saturated carbocycles. The van der Waals surface area contributed by atoms with Crippen molar-refractivity contribution < 1.29 is 14.2 Å². The number of nitrogens with one attached hydrogen (secondary N) is 1. The van der Waals surface area contributed by atoms with Crippen LogP contribution < -0.4 is 0 Å². The molecule has 0 aliphatic rings. The first-order valence-corrected chi connectivity index (χ1v) is 11.9. The summed E-state index contributed by atoms with van der Waals surface area (Å²) >= 11 is -1.85. The zero-order chi connectivity index (χ0) is 10.3. The van der Waals surface area contributed by atoms with Crippen molar-refractivity contribution in [2.45, 2.75) is 13.0 Å². The molecule has 0 bridgehead atoms. The predicted octanol–water partition coefficient (Wildman–Crippen LogP) is 4.87. The second-order valence-electron chi connectivity index (χ2n) is 2.27. The third-order valence-corrected chi connectivity index (χ3v) is 1.30. The third kappa shape index (κ3) is 9.05. The van der Waals surface area contributed by atoms with Crippen molar-refractivity contribution in [1.29, 1.82) is 0 Å². The molecule has 1 aromatic carbocycles. The Labute approximate surface area is 96.5 Å². The molecule has 1 nitrogen and oxygen atoms in total. The Morgan fingerprint density at radius 1 is 1.15 bits per heavy atom. The van der Waals surface area contributed by atoms with Crippen LogP contribution in [-0.2, 0) is 14.2 Å². The Morgan fingerprint density at radius 2 is 1.54 bits per heavy atom. The summed E-state index contributed by atoms with van der Waals surface area (Å²) < 4.78 is 0. The second-order valence-corrected chi connectivity index (χ2v) is 12.1. The molecule has 0 aliphatic heterocycles. The molecule has 0 aliphatic carbocycles. The van der Waals surface area contributed by atoms with E-state index in [9.17, 15) is 0 Å². The van der Waals surface area contributed by atoms with E-state index in [0.717, 1.165) is 5.56 Å². The third-order valence-electron chi connectivity index (χ3n) is 1.30. The SMILES string of the molecule is CC([NH-])c1ccccc1.[Cl][Pt]([Cl])[Cl]. The fourth-order valence-corrected chi connectivity index (χ4v) is 0.742. The van der Waals surface area contributed by atoms with E-state index >= 15 is 0 Å². The summed E-state index contributed by atoms with van der Waals surface area (Å²) in [6.07, 6.45) is 0. The number of rotatable bonds is 1. The quantitative estimate of drug-likeness (QED) is 0.618. The molecule has 13 heavy (non-hydrogen) atoms. The van der Waals surface area contributed by atoms with Crippen molar-refractivity contribution in [1.82, 2.24) is 0 Å². The van der Waals surface area contributed by atoms with Crippen LogP contribution in [0.15, 0.2) is 30.3 Å². The van der Waals surface area contributed by atoms with Crippen LogP contribution in [0.2, 0.25) is 0 Å². The molecule has 1 atom stereocenters. The van der Waals surface area contributed by atoms with Gasteiger partial charge in [-0.05, 0) is 0 Å². The zero-order valence-corrected chi connectivity index (χ0v) is 11.5. The van der Waals surface area contributed by atoms with Gasteiger partial charge in [0.05, 0.1) is 0 Å². The molecule has 0 aromatic heterocycles. The maximum absolute atomic E-state index is 7.32. The summed E-state index contributed by atoms with van der Waals surface area (Å²) in [6.45, 7) is 1.87. The molecule has 5 heteroatoms. The van der Waals surface area contributed by atoms with Crippen molar-refractivity contribution in [2.75, 3.05) is 0 Å². The monoisotopic (exact) mass is 420 g/mol. The van der Waals surface area contributed by atoms with Crippen LogP contribution in [0.25, 0.3) is 5.73 Å². The average molecular weight is 422 g/mol. The predicted molar refractivity (Wildman–Crippen MR) is 56.7 cm³/mol. The van der Waals surface area contributed by atoms with Gasteiger partial charge in [-0.1, -0.05) is 42.8 Å². The fraction of sp³-hybridized carbons (Fsp3) is 0.250. The van der Waals surface area contributed by atoms with E-state index in [1.54, 1.807) is 0 Å². The summed E-state index contributed by atoms with van der Waals surface area (Å²) in [5, 5.41) is 0. The van der Waals surface area contributed by atoms with E-state index in [1.165, 1.54) is 0 Å². The number of benzene rings is 1. The Balaban J connectivity index is 0.000000310. The van der Waals surface area contributed by atoms with Crippen LogP contribution >= 0.6 is 28.3 Å².